The van der Waals surface area contributed by atoms with E-state index in [2.05, 4.69) is 11.9 Å². The molecule has 0 aliphatic carbocycles. The molecule has 1 saturated heterocycles. The average molecular weight is 261 g/mol. The van der Waals surface area contributed by atoms with Crippen LogP contribution in [0.25, 0.3) is 0 Å². The van der Waals surface area contributed by atoms with Gasteiger partial charge in [0.15, 0.2) is 0 Å². The molecule has 1 aromatic rings. The Morgan fingerprint density at radius 3 is 2.95 bits per heavy atom. The van der Waals surface area contributed by atoms with Gasteiger partial charge in [0.2, 0.25) is 0 Å². The van der Waals surface area contributed by atoms with Gasteiger partial charge >= 0.3 is 0 Å². The second-order valence-electron chi connectivity index (χ2n) is 5.28. The summed E-state index contributed by atoms with van der Waals surface area (Å²) in [6.45, 7) is 3.86. The molecule has 0 aromatic heterocycles. The van der Waals surface area contributed by atoms with Gasteiger partial charge in [-0.2, -0.15) is 0 Å². The third kappa shape index (κ3) is 3.26. The minimum Gasteiger partial charge on any atom is -0.492 e. The van der Waals surface area contributed by atoms with Gasteiger partial charge in [0.05, 0.1) is 12.2 Å². The van der Waals surface area contributed by atoms with Gasteiger partial charge < -0.3 is 15.4 Å². The lowest BCUT2D eigenvalue weighted by Gasteiger charge is -2.20. The van der Waals surface area contributed by atoms with Crippen LogP contribution in [-0.4, -0.2) is 37.0 Å². The average Bonchev–Trinajstić information content (AvgIpc) is 2.77. The summed E-state index contributed by atoms with van der Waals surface area (Å²) in [7, 11) is 2.17. The minimum atomic E-state index is 0.0664. The Morgan fingerprint density at radius 1 is 1.53 bits per heavy atom. The van der Waals surface area contributed by atoms with Crippen LogP contribution < -0.4 is 10.5 Å². The molecule has 1 atom stereocenters. The lowest BCUT2D eigenvalue weighted by molar-refractivity contribution is 0.232. The Balaban J connectivity index is 1.97. The van der Waals surface area contributed by atoms with Crippen LogP contribution in [0.5, 0.6) is 5.75 Å². The Bertz CT molecular complexity index is 459. The van der Waals surface area contributed by atoms with E-state index in [0.717, 1.165) is 17.7 Å². The normalized spacial score (nSPS) is 19.6. The molecule has 0 amide bonds. The van der Waals surface area contributed by atoms with E-state index in [1.54, 1.807) is 0 Å². The standard InChI is InChI=1S/C15H23N3O/c1-11-5-3-7-13(15(16)17)14(11)19-10-8-12-6-4-9-18(12)2/h3,5,7,12H,4,6,8-10H2,1-2H3,(H3,16,17). The highest BCUT2D eigenvalue weighted by Gasteiger charge is 2.20. The molecule has 0 saturated carbocycles. The predicted octanol–water partition coefficient (Wildman–Crippen LogP) is 2.14. The topological polar surface area (TPSA) is 62.3 Å². The van der Waals surface area contributed by atoms with E-state index in [1.807, 2.05) is 25.1 Å². The highest BCUT2D eigenvalue weighted by molar-refractivity contribution is 5.98. The Labute approximate surface area is 115 Å². The van der Waals surface area contributed by atoms with E-state index in [9.17, 15) is 0 Å². The smallest absolute Gasteiger partial charge is 0.133 e. The summed E-state index contributed by atoms with van der Waals surface area (Å²) in [5.41, 5.74) is 7.32. The van der Waals surface area contributed by atoms with Crippen LogP contribution in [0.2, 0.25) is 0 Å². The first-order chi connectivity index (χ1) is 9.09. The van der Waals surface area contributed by atoms with Gasteiger partial charge in [0, 0.05) is 6.04 Å². The van der Waals surface area contributed by atoms with Crippen molar-refractivity contribution in [2.45, 2.75) is 32.2 Å². The zero-order chi connectivity index (χ0) is 13.8. The van der Waals surface area contributed by atoms with Crippen molar-refractivity contribution in [3.05, 3.63) is 29.3 Å². The Morgan fingerprint density at radius 2 is 2.32 bits per heavy atom. The molecule has 19 heavy (non-hydrogen) atoms. The summed E-state index contributed by atoms with van der Waals surface area (Å²) in [6.07, 6.45) is 3.57. The molecule has 1 aromatic carbocycles. The summed E-state index contributed by atoms with van der Waals surface area (Å²) in [5.74, 6) is 0.826. The van der Waals surface area contributed by atoms with Gasteiger partial charge in [0.25, 0.3) is 0 Å². The van der Waals surface area contributed by atoms with Gasteiger partial charge in [-0.15, -0.1) is 0 Å². The first-order valence-electron chi connectivity index (χ1n) is 6.86. The number of likely N-dealkylation sites (tertiary alicyclic amines) is 1. The quantitative estimate of drug-likeness (QED) is 0.630. The zero-order valence-electron chi connectivity index (χ0n) is 11.8. The second-order valence-corrected chi connectivity index (χ2v) is 5.28. The van der Waals surface area contributed by atoms with Crippen molar-refractivity contribution in [2.24, 2.45) is 5.73 Å². The van der Waals surface area contributed by atoms with Crippen LogP contribution >= 0.6 is 0 Å². The SMILES string of the molecule is Cc1cccc(C(=N)N)c1OCCC1CCCN1C. The van der Waals surface area contributed by atoms with Crippen LogP contribution in [0.15, 0.2) is 18.2 Å². The molecule has 4 heteroatoms. The van der Waals surface area contributed by atoms with Crippen molar-refractivity contribution in [1.29, 1.82) is 5.41 Å². The number of nitrogens with two attached hydrogens (primary N) is 1. The number of amidine groups is 1. The summed E-state index contributed by atoms with van der Waals surface area (Å²) in [6, 6.07) is 6.37. The molecule has 0 bridgehead atoms. The molecule has 1 unspecified atom stereocenters. The summed E-state index contributed by atoms with van der Waals surface area (Å²) in [5, 5.41) is 7.60. The molecule has 1 heterocycles. The summed E-state index contributed by atoms with van der Waals surface area (Å²) < 4.78 is 5.89. The first kappa shape index (κ1) is 13.9. The fraction of sp³-hybridized carbons (Fsp3) is 0.533. The molecule has 104 valence electrons. The Kier molecular flexibility index (Phi) is 4.43. The molecule has 4 nitrogen and oxygen atoms in total. The maximum atomic E-state index is 7.60. The fourth-order valence-corrected chi connectivity index (χ4v) is 2.70. The number of benzene rings is 1. The maximum absolute atomic E-state index is 7.60. The molecular formula is C15H23N3O. The predicted molar refractivity (Wildman–Crippen MR) is 78.0 cm³/mol. The highest BCUT2D eigenvalue weighted by Crippen LogP contribution is 2.24. The number of nitrogens with one attached hydrogen (secondary N) is 1. The number of hydrogen-bond donors (Lipinski definition) is 2. The van der Waals surface area contributed by atoms with Gasteiger partial charge in [-0.25, -0.2) is 0 Å². The maximum Gasteiger partial charge on any atom is 0.133 e. The molecule has 3 N–H and O–H groups in total. The van der Waals surface area contributed by atoms with Crippen molar-refractivity contribution in [3.8, 4) is 5.75 Å². The van der Waals surface area contributed by atoms with Crippen molar-refractivity contribution in [1.82, 2.24) is 4.90 Å². The molecule has 1 fully saturated rings. The number of ether oxygens (including phenoxy) is 1. The van der Waals surface area contributed by atoms with E-state index in [1.165, 1.54) is 19.4 Å². The van der Waals surface area contributed by atoms with Gasteiger partial charge in [-0.05, 0) is 51.4 Å². The van der Waals surface area contributed by atoms with E-state index >= 15 is 0 Å². The molecule has 1 aliphatic rings. The van der Waals surface area contributed by atoms with E-state index in [-0.39, 0.29) is 5.84 Å². The number of aryl methyl sites for hydroxylation is 1. The molecule has 0 spiro atoms. The van der Waals surface area contributed by atoms with Crippen molar-refractivity contribution in [2.75, 3.05) is 20.2 Å². The monoisotopic (exact) mass is 261 g/mol. The van der Waals surface area contributed by atoms with Gasteiger partial charge in [0.1, 0.15) is 11.6 Å². The lowest BCUT2D eigenvalue weighted by Crippen LogP contribution is -2.26. The first-order valence-corrected chi connectivity index (χ1v) is 6.86. The summed E-state index contributed by atoms with van der Waals surface area (Å²) in [4.78, 5) is 2.40. The zero-order valence-corrected chi connectivity index (χ0v) is 11.8. The summed E-state index contributed by atoms with van der Waals surface area (Å²) >= 11 is 0. The number of rotatable bonds is 5. The number of para-hydroxylation sites is 1. The molecule has 0 radical (unpaired) electrons. The number of nitrogen functional groups attached to an aromatic ring is 1. The largest absolute Gasteiger partial charge is 0.492 e. The van der Waals surface area contributed by atoms with E-state index < -0.39 is 0 Å². The van der Waals surface area contributed by atoms with Gasteiger partial charge in [-0.1, -0.05) is 12.1 Å². The van der Waals surface area contributed by atoms with Crippen LogP contribution in [0.1, 0.15) is 30.4 Å². The highest BCUT2D eigenvalue weighted by atomic mass is 16.5. The second kappa shape index (κ2) is 6.06. The number of hydrogen-bond acceptors (Lipinski definition) is 3. The van der Waals surface area contributed by atoms with Crippen LogP contribution in [0, 0.1) is 12.3 Å². The van der Waals surface area contributed by atoms with Crippen LogP contribution in [0.4, 0.5) is 0 Å². The van der Waals surface area contributed by atoms with Crippen LogP contribution in [-0.2, 0) is 0 Å². The molecule has 2 rings (SSSR count). The third-order valence-corrected chi connectivity index (χ3v) is 3.87. The van der Waals surface area contributed by atoms with Crippen LogP contribution in [0.3, 0.4) is 0 Å². The van der Waals surface area contributed by atoms with Crippen molar-refractivity contribution >= 4 is 5.84 Å². The van der Waals surface area contributed by atoms with E-state index in [4.69, 9.17) is 15.9 Å². The number of nitrogens with zero attached hydrogens (tertiary/aromatic N) is 1. The molecule has 1 aliphatic heterocycles. The Hall–Kier alpha value is -1.55. The van der Waals surface area contributed by atoms with E-state index in [0.29, 0.717) is 18.2 Å². The third-order valence-electron chi connectivity index (χ3n) is 3.87. The van der Waals surface area contributed by atoms with Gasteiger partial charge in [-0.3, -0.25) is 5.41 Å². The minimum absolute atomic E-state index is 0.0664. The van der Waals surface area contributed by atoms with Crippen molar-refractivity contribution in [3.63, 3.8) is 0 Å². The lowest BCUT2D eigenvalue weighted by atomic mass is 10.1. The fourth-order valence-electron chi connectivity index (χ4n) is 2.70. The molecular weight excluding hydrogens is 238 g/mol. The van der Waals surface area contributed by atoms with Crippen molar-refractivity contribution < 1.29 is 4.74 Å².